The van der Waals surface area contributed by atoms with E-state index in [1.54, 1.807) is 7.11 Å². The second-order valence-corrected chi connectivity index (χ2v) is 5.16. The fraction of sp³-hybridized carbons (Fsp3) is 0.625. The first kappa shape index (κ1) is 17.9. The van der Waals surface area contributed by atoms with Gasteiger partial charge in [-0.3, -0.25) is 0 Å². The summed E-state index contributed by atoms with van der Waals surface area (Å²) < 4.78 is 15.8. The molecule has 1 atom stereocenters. The maximum atomic E-state index is 9.71. The summed E-state index contributed by atoms with van der Waals surface area (Å²) in [6, 6.07) is 7.82. The maximum absolute atomic E-state index is 9.71. The van der Waals surface area contributed by atoms with Gasteiger partial charge in [-0.25, -0.2) is 0 Å². The van der Waals surface area contributed by atoms with Crippen molar-refractivity contribution in [2.75, 3.05) is 33.5 Å². The molecule has 0 bridgehead atoms. The van der Waals surface area contributed by atoms with E-state index in [0.29, 0.717) is 13.2 Å². The van der Waals surface area contributed by atoms with E-state index >= 15 is 0 Å². The number of nitrogens with one attached hydrogen (secondary N) is 1. The Morgan fingerprint density at radius 1 is 1.14 bits per heavy atom. The number of benzene rings is 1. The minimum absolute atomic E-state index is 0.115. The summed E-state index contributed by atoms with van der Waals surface area (Å²) in [4.78, 5) is 0. The van der Waals surface area contributed by atoms with Crippen LogP contribution in [0.15, 0.2) is 24.3 Å². The van der Waals surface area contributed by atoms with Crippen LogP contribution in [0.3, 0.4) is 0 Å². The Hall–Kier alpha value is -1.14. The van der Waals surface area contributed by atoms with Gasteiger partial charge in [-0.05, 0) is 31.5 Å². The summed E-state index contributed by atoms with van der Waals surface area (Å²) in [5, 5.41) is 13.0. The molecule has 1 aromatic carbocycles. The summed E-state index contributed by atoms with van der Waals surface area (Å²) in [5.41, 5.74) is 1.18. The van der Waals surface area contributed by atoms with Crippen LogP contribution in [0, 0.1) is 0 Å². The maximum Gasteiger partial charge on any atom is 0.119 e. The second kappa shape index (κ2) is 10.6. The van der Waals surface area contributed by atoms with Gasteiger partial charge < -0.3 is 24.6 Å². The monoisotopic (exact) mass is 297 g/mol. The minimum Gasteiger partial charge on any atom is -0.491 e. The van der Waals surface area contributed by atoms with Crippen LogP contribution in [0.4, 0.5) is 0 Å². The van der Waals surface area contributed by atoms with Crippen molar-refractivity contribution in [3.05, 3.63) is 29.8 Å². The molecule has 1 rings (SSSR count). The van der Waals surface area contributed by atoms with E-state index in [2.05, 4.69) is 5.32 Å². The fourth-order valence-electron chi connectivity index (χ4n) is 1.65. The van der Waals surface area contributed by atoms with Gasteiger partial charge in [0.2, 0.25) is 0 Å². The van der Waals surface area contributed by atoms with Crippen molar-refractivity contribution in [2.24, 2.45) is 0 Å². The lowest BCUT2D eigenvalue weighted by Gasteiger charge is -2.14. The molecule has 5 nitrogen and oxygen atoms in total. The zero-order valence-corrected chi connectivity index (χ0v) is 13.2. The van der Waals surface area contributed by atoms with E-state index in [9.17, 15) is 5.11 Å². The smallest absolute Gasteiger partial charge is 0.119 e. The molecule has 5 heteroatoms. The molecule has 21 heavy (non-hydrogen) atoms. The highest BCUT2D eigenvalue weighted by atomic mass is 16.5. The first-order valence-electron chi connectivity index (χ1n) is 7.33. The Morgan fingerprint density at radius 3 is 2.48 bits per heavy atom. The Kier molecular flexibility index (Phi) is 9.01. The molecule has 0 saturated heterocycles. The number of hydrogen-bond acceptors (Lipinski definition) is 5. The van der Waals surface area contributed by atoms with Crippen LogP contribution >= 0.6 is 0 Å². The van der Waals surface area contributed by atoms with Crippen molar-refractivity contribution >= 4 is 0 Å². The molecule has 1 aromatic rings. The molecule has 2 N–H and O–H groups in total. The zero-order valence-electron chi connectivity index (χ0n) is 13.2. The van der Waals surface area contributed by atoms with Crippen molar-refractivity contribution in [3.63, 3.8) is 0 Å². The first-order chi connectivity index (χ1) is 10.1. The molecular weight excluding hydrogens is 270 g/mol. The van der Waals surface area contributed by atoms with Gasteiger partial charge in [0.1, 0.15) is 18.5 Å². The van der Waals surface area contributed by atoms with Gasteiger partial charge in [-0.1, -0.05) is 12.1 Å². The highest BCUT2D eigenvalue weighted by Crippen LogP contribution is 2.12. The molecule has 0 aliphatic carbocycles. The largest absolute Gasteiger partial charge is 0.491 e. The average Bonchev–Trinajstić information content (AvgIpc) is 2.48. The number of ether oxygens (including phenoxy) is 3. The molecular formula is C16H27NO4. The summed E-state index contributed by atoms with van der Waals surface area (Å²) in [6.07, 6.45) is -0.493. The van der Waals surface area contributed by atoms with Gasteiger partial charge in [0, 0.05) is 20.2 Å². The molecule has 0 fully saturated rings. The summed E-state index contributed by atoms with van der Waals surface area (Å²) in [5.74, 6) is 0.749. The molecule has 0 aromatic heterocycles. The number of methoxy groups -OCH3 is 1. The summed E-state index contributed by atoms with van der Waals surface area (Å²) >= 11 is 0. The Balaban J connectivity index is 2.24. The van der Waals surface area contributed by atoms with Gasteiger partial charge in [-0.15, -0.1) is 0 Å². The van der Waals surface area contributed by atoms with Gasteiger partial charge >= 0.3 is 0 Å². The molecule has 120 valence electrons. The Morgan fingerprint density at radius 2 is 1.86 bits per heavy atom. The van der Waals surface area contributed by atoms with E-state index < -0.39 is 6.10 Å². The molecule has 0 spiro atoms. The van der Waals surface area contributed by atoms with Gasteiger partial charge in [-0.2, -0.15) is 0 Å². The second-order valence-electron chi connectivity index (χ2n) is 5.16. The Labute approximate surface area is 127 Å². The minimum atomic E-state index is -0.609. The number of aliphatic hydroxyl groups is 1. The van der Waals surface area contributed by atoms with E-state index in [1.165, 1.54) is 5.56 Å². The van der Waals surface area contributed by atoms with Crippen molar-refractivity contribution in [2.45, 2.75) is 32.6 Å². The van der Waals surface area contributed by atoms with Gasteiger partial charge in [0.25, 0.3) is 0 Å². The lowest BCUT2D eigenvalue weighted by atomic mass is 10.2. The molecule has 0 aliphatic heterocycles. The van der Waals surface area contributed by atoms with Crippen molar-refractivity contribution < 1.29 is 19.3 Å². The normalized spacial score (nSPS) is 12.6. The predicted molar refractivity (Wildman–Crippen MR) is 82.6 cm³/mol. The molecule has 1 unspecified atom stereocenters. The van der Waals surface area contributed by atoms with Crippen molar-refractivity contribution in [1.82, 2.24) is 5.32 Å². The quantitative estimate of drug-likeness (QED) is 0.607. The van der Waals surface area contributed by atoms with E-state index in [1.807, 2.05) is 38.1 Å². The number of hydrogen-bond donors (Lipinski definition) is 2. The summed E-state index contributed by atoms with van der Waals surface area (Å²) in [7, 11) is 1.69. The topological polar surface area (TPSA) is 60.0 Å². The van der Waals surface area contributed by atoms with E-state index in [0.717, 1.165) is 18.8 Å². The van der Waals surface area contributed by atoms with E-state index in [4.69, 9.17) is 14.2 Å². The van der Waals surface area contributed by atoms with E-state index in [-0.39, 0.29) is 12.7 Å². The average molecular weight is 297 g/mol. The molecule has 0 amide bonds. The van der Waals surface area contributed by atoms with Gasteiger partial charge in [0.05, 0.1) is 19.3 Å². The lowest BCUT2D eigenvalue weighted by molar-refractivity contribution is -0.0122. The van der Waals surface area contributed by atoms with Crippen molar-refractivity contribution in [1.29, 1.82) is 0 Å². The number of rotatable bonds is 11. The molecule has 0 radical (unpaired) electrons. The highest BCUT2D eigenvalue weighted by molar-refractivity contribution is 5.27. The standard InChI is InChI=1S/C16H27NO4/c1-13(2)20-11-15(18)12-21-16-6-4-14(5-7-16)10-17-8-9-19-3/h4-7,13,15,17-18H,8-12H2,1-3H3. The first-order valence-corrected chi connectivity index (χ1v) is 7.33. The van der Waals surface area contributed by atoms with Crippen LogP contribution in [0.1, 0.15) is 19.4 Å². The fourth-order valence-corrected chi connectivity index (χ4v) is 1.65. The highest BCUT2D eigenvalue weighted by Gasteiger charge is 2.06. The number of aliphatic hydroxyl groups excluding tert-OH is 1. The van der Waals surface area contributed by atoms with Gasteiger partial charge in [0.15, 0.2) is 0 Å². The predicted octanol–water partition coefficient (Wildman–Crippen LogP) is 1.59. The van der Waals surface area contributed by atoms with Crippen LogP contribution in [0.5, 0.6) is 5.75 Å². The molecule has 0 saturated carbocycles. The molecule has 0 heterocycles. The van der Waals surface area contributed by atoms with Crippen molar-refractivity contribution in [3.8, 4) is 5.75 Å². The molecule has 0 aliphatic rings. The third-order valence-electron chi connectivity index (χ3n) is 2.80. The lowest BCUT2D eigenvalue weighted by Crippen LogP contribution is -2.25. The van der Waals surface area contributed by atoms with Crippen LogP contribution in [-0.2, 0) is 16.0 Å². The zero-order chi connectivity index (χ0) is 15.5. The third-order valence-corrected chi connectivity index (χ3v) is 2.80. The van der Waals surface area contributed by atoms with Crippen LogP contribution in [0.25, 0.3) is 0 Å². The Bertz CT molecular complexity index is 367. The third kappa shape index (κ3) is 8.67. The van der Waals surface area contributed by atoms with Crippen LogP contribution in [-0.4, -0.2) is 50.8 Å². The van der Waals surface area contributed by atoms with Crippen LogP contribution in [0.2, 0.25) is 0 Å². The van der Waals surface area contributed by atoms with Crippen LogP contribution < -0.4 is 10.1 Å². The SMILES string of the molecule is COCCNCc1ccc(OCC(O)COC(C)C)cc1. The summed E-state index contributed by atoms with van der Waals surface area (Å²) in [6.45, 7) is 6.74.